The highest BCUT2D eigenvalue weighted by Gasteiger charge is 2.42. The number of nitrogens with zero attached hydrogens (tertiary/aromatic N) is 1. The minimum Gasteiger partial charge on any atom is -0.460 e. The Balaban J connectivity index is 1.04. The molecule has 6 aromatic rings. The van der Waals surface area contributed by atoms with Crippen LogP contribution in [0.5, 0.6) is 5.75 Å². The van der Waals surface area contributed by atoms with Crippen LogP contribution >= 0.6 is 11.3 Å². The monoisotopic (exact) mass is 684 g/mol. The number of fused-ring (bicyclic) bond motifs is 9. The zero-order valence-corrected chi connectivity index (χ0v) is 29.0. The fraction of sp³-hybridized carbons (Fsp3) is 0.0625. The zero-order chi connectivity index (χ0) is 34.2. The topological polar surface area (TPSA) is 33.6 Å². The average Bonchev–Trinajstić information content (AvgIpc) is 3.79. The lowest BCUT2D eigenvalue weighted by molar-refractivity contribution is 0.410. The Morgan fingerprint density at radius 1 is 0.615 bits per heavy atom. The van der Waals surface area contributed by atoms with Crippen LogP contribution in [-0.2, 0) is 0 Å². The Morgan fingerprint density at radius 2 is 1.38 bits per heavy atom. The number of aliphatic imine (C=N–C) groups is 1. The maximum Gasteiger partial charge on any atom is 0.139 e. The van der Waals surface area contributed by atoms with E-state index in [1.807, 2.05) is 11.3 Å². The van der Waals surface area contributed by atoms with Crippen molar-refractivity contribution in [1.29, 1.82) is 0 Å². The summed E-state index contributed by atoms with van der Waals surface area (Å²) in [6, 6.07) is 39.5. The molecule has 3 aliphatic carbocycles. The van der Waals surface area contributed by atoms with E-state index in [9.17, 15) is 0 Å². The zero-order valence-electron chi connectivity index (χ0n) is 28.2. The van der Waals surface area contributed by atoms with Crippen LogP contribution in [0.1, 0.15) is 22.6 Å². The normalized spacial score (nSPS) is 20.8. The second-order valence-corrected chi connectivity index (χ2v) is 15.0. The molecule has 0 amide bonds. The van der Waals surface area contributed by atoms with Gasteiger partial charge in [-0.05, 0) is 46.5 Å². The molecule has 52 heavy (non-hydrogen) atoms. The molecule has 5 aliphatic rings. The molecule has 0 bridgehead atoms. The van der Waals surface area contributed by atoms with E-state index in [0.29, 0.717) is 0 Å². The molecule has 3 heterocycles. The Morgan fingerprint density at radius 3 is 2.31 bits per heavy atom. The molecule has 0 spiro atoms. The third-order valence-electron chi connectivity index (χ3n) is 11.0. The quantitative estimate of drug-likeness (QED) is 0.201. The number of thiophene rings is 1. The van der Waals surface area contributed by atoms with Gasteiger partial charge in [-0.25, -0.2) is 4.99 Å². The smallest absolute Gasteiger partial charge is 0.139 e. The summed E-state index contributed by atoms with van der Waals surface area (Å²) in [6.07, 6.45) is 21.8. The number of rotatable bonds is 4. The lowest BCUT2D eigenvalue weighted by Crippen LogP contribution is -2.39. The third-order valence-corrected chi connectivity index (χ3v) is 12.1. The van der Waals surface area contributed by atoms with Crippen LogP contribution in [0.2, 0.25) is 0 Å². The summed E-state index contributed by atoms with van der Waals surface area (Å²) in [4.78, 5) is 5.39. The molecule has 1 N–H and O–H groups in total. The number of allylic oxidation sites excluding steroid dienone is 10. The van der Waals surface area contributed by atoms with Crippen molar-refractivity contribution in [1.82, 2.24) is 5.32 Å². The summed E-state index contributed by atoms with van der Waals surface area (Å²) in [5.74, 6) is 3.02. The van der Waals surface area contributed by atoms with E-state index < -0.39 is 0 Å². The van der Waals surface area contributed by atoms with Gasteiger partial charge in [0, 0.05) is 53.9 Å². The van der Waals surface area contributed by atoms with Crippen LogP contribution in [0.25, 0.3) is 48.1 Å². The van der Waals surface area contributed by atoms with Crippen LogP contribution in [0, 0.1) is 5.92 Å². The number of hydrogen-bond donors (Lipinski definition) is 1. The summed E-state index contributed by atoms with van der Waals surface area (Å²) in [6.45, 7) is 0. The first-order chi connectivity index (χ1) is 25.8. The molecule has 3 atom stereocenters. The standard InChI is InChI=1S/C48H32N2OS/c1-2-11-32(12-3-1)46-38-15-6-8-16-40(38)49-48(50-46)39-26-25-35(47-45(39)44-34-13-5-4-10-30(34)23-27-41(44)51-47)31-20-18-29(19-21-31)33-22-24-37-36-14-7-9-17-42(36)52-43(37)28-33/h1-28,34,40,44H,(H,49,50). The van der Waals surface area contributed by atoms with E-state index in [-0.39, 0.29) is 17.9 Å². The molecule has 0 fully saturated rings. The lowest BCUT2D eigenvalue weighted by Gasteiger charge is -2.31. The van der Waals surface area contributed by atoms with Gasteiger partial charge in [0.1, 0.15) is 17.3 Å². The molecule has 246 valence electrons. The van der Waals surface area contributed by atoms with Crippen molar-refractivity contribution in [2.24, 2.45) is 10.9 Å². The number of amidine groups is 1. The van der Waals surface area contributed by atoms with E-state index in [0.717, 1.165) is 45.3 Å². The van der Waals surface area contributed by atoms with Crippen molar-refractivity contribution in [3.63, 3.8) is 0 Å². The predicted octanol–water partition coefficient (Wildman–Crippen LogP) is 11.7. The van der Waals surface area contributed by atoms with Crippen molar-refractivity contribution in [3.8, 4) is 28.0 Å². The Kier molecular flexibility index (Phi) is 6.61. The molecule has 0 saturated heterocycles. The largest absolute Gasteiger partial charge is 0.460 e. The molecule has 2 aliphatic heterocycles. The van der Waals surface area contributed by atoms with Crippen LogP contribution < -0.4 is 10.1 Å². The lowest BCUT2D eigenvalue weighted by atomic mass is 9.74. The van der Waals surface area contributed by atoms with Gasteiger partial charge >= 0.3 is 0 Å². The van der Waals surface area contributed by atoms with Crippen molar-refractivity contribution in [2.45, 2.75) is 12.0 Å². The first kappa shape index (κ1) is 29.5. The molecule has 0 radical (unpaired) electrons. The summed E-state index contributed by atoms with van der Waals surface area (Å²) in [5, 5.41) is 6.46. The van der Waals surface area contributed by atoms with Crippen molar-refractivity contribution >= 4 is 43.0 Å². The van der Waals surface area contributed by atoms with Gasteiger partial charge in [-0.3, -0.25) is 0 Å². The van der Waals surface area contributed by atoms with Crippen molar-refractivity contribution < 1.29 is 4.74 Å². The number of benzene rings is 5. The number of nitrogens with one attached hydrogen (secondary N) is 1. The van der Waals surface area contributed by atoms with Crippen LogP contribution in [0.3, 0.4) is 0 Å². The fourth-order valence-electron chi connectivity index (χ4n) is 8.45. The summed E-state index contributed by atoms with van der Waals surface area (Å²) < 4.78 is 9.57. The van der Waals surface area contributed by atoms with E-state index in [1.165, 1.54) is 48.0 Å². The molecule has 4 heteroatoms. The Labute approximate surface area is 306 Å². The summed E-state index contributed by atoms with van der Waals surface area (Å²) in [7, 11) is 0. The fourth-order valence-corrected chi connectivity index (χ4v) is 9.60. The summed E-state index contributed by atoms with van der Waals surface area (Å²) in [5.41, 5.74) is 11.5. The molecular weight excluding hydrogens is 653 g/mol. The minimum absolute atomic E-state index is 0.0269. The minimum atomic E-state index is 0.0269. The third kappa shape index (κ3) is 4.61. The highest BCUT2D eigenvalue weighted by molar-refractivity contribution is 7.25. The molecule has 11 rings (SSSR count). The van der Waals surface area contributed by atoms with E-state index in [4.69, 9.17) is 9.73 Å². The molecule has 1 aromatic heterocycles. The second-order valence-electron chi connectivity index (χ2n) is 13.9. The van der Waals surface area contributed by atoms with Gasteiger partial charge in [-0.2, -0.15) is 0 Å². The molecule has 0 saturated carbocycles. The Bertz CT molecular complexity index is 2730. The summed E-state index contributed by atoms with van der Waals surface area (Å²) >= 11 is 1.86. The van der Waals surface area contributed by atoms with Crippen LogP contribution in [-0.4, -0.2) is 11.9 Å². The SMILES string of the molecule is C1=CC2=CC=C3Oc4c(-c5ccc(-c6ccc7c(c6)sc6ccccc67)cc5)ccc(C5=NC(c6ccccc6)=C6C=CC=CC6N5)c4C3C2C=C1. The van der Waals surface area contributed by atoms with E-state index >= 15 is 0 Å². The average molecular weight is 685 g/mol. The van der Waals surface area contributed by atoms with Crippen molar-refractivity contribution in [3.05, 3.63) is 204 Å². The molecule has 5 aromatic carbocycles. The first-order valence-electron chi connectivity index (χ1n) is 17.9. The second kappa shape index (κ2) is 11.7. The number of ether oxygens (including phenoxy) is 1. The molecule has 3 unspecified atom stereocenters. The van der Waals surface area contributed by atoms with Gasteiger partial charge in [-0.1, -0.05) is 146 Å². The maximum absolute atomic E-state index is 6.93. The predicted molar refractivity (Wildman–Crippen MR) is 217 cm³/mol. The van der Waals surface area contributed by atoms with Gasteiger partial charge in [0.15, 0.2) is 0 Å². The highest BCUT2D eigenvalue weighted by Crippen LogP contribution is 2.55. The van der Waals surface area contributed by atoms with Crippen molar-refractivity contribution in [2.75, 3.05) is 0 Å². The maximum atomic E-state index is 6.93. The highest BCUT2D eigenvalue weighted by atomic mass is 32.1. The molecule has 3 nitrogen and oxygen atoms in total. The number of hydrogen-bond acceptors (Lipinski definition) is 4. The van der Waals surface area contributed by atoms with Gasteiger partial charge in [0.05, 0.1) is 17.7 Å². The van der Waals surface area contributed by atoms with Gasteiger partial charge < -0.3 is 10.1 Å². The van der Waals surface area contributed by atoms with Gasteiger partial charge in [-0.15, -0.1) is 11.3 Å². The molecular formula is C48H32N2OS. The van der Waals surface area contributed by atoms with Crippen LogP contribution in [0.15, 0.2) is 192 Å². The van der Waals surface area contributed by atoms with Gasteiger partial charge in [0.25, 0.3) is 0 Å². The first-order valence-corrected chi connectivity index (χ1v) is 18.7. The van der Waals surface area contributed by atoms with Gasteiger partial charge in [0.2, 0.25) is 0 Å². The van der Waals surface area contributed by atoms with E-state index in [1.54, 1.807) is 0 Å². The van der Waals surface area contributed by atoms with Crippen LogP contribution in [0.4, 0.5) is 0 Å². The Hall–Kier alpha value is -6.23. The van der Waals surface area contributed by atoms with E-state index in [2.05, 4.69) is 175 Å².